The number of nitrogens with one attached hydrogen (secondary N) is 1. The molecule has 2 aliphatic rings. The quantitative estimate of drug-likeness (QED) is 0.701. The molecule has 5 nitrogen and oxygen atoms in total. The van der Waals surface area contributed by atoms with Gasteiger partial charge in [0.15, 0.2) is 0 Å². The zero-order valence-corrected chi connectivity index (χ0v) is 16.3. The van der Waals surface area contributed by atoms with Crippen LogP contribution in [-0.2, 0) is 15.1 Å². The van der Waals surface area contributed by atoms with Gasteiger partial charge in [0.1, 0.15) is 0 Å². The van der Waals surface area contributed by atoms with Crippen LogP contribution in [0.3, 0.4) is 0 Å². The molecule has 3 rings (SSSR count). The fourth-order valence-electron chi connectivity index (χ4n) is 4.56. The minimum absolute atomic E-state index is 0.0107. The highest BCUT2D eigenvalue weighted by atomic mass is 16.2. The number of hydrogen-bond donors (Lipinski definition) is 2. The van der Waals surface area contributed by atoms with E-state index in [9.17, 15) is 9.59 Å². The third-order valence-electron chi connectivity index (χ3n) is 6.24. The van der Waals surface area contributed by atoms with Crippen molar-refractivity contribution in [3.8, 4) is 0 Å². The second-order valence-electron chi connectivity index (χ2n) is 8.32. The predicted molar refractivity (Wildman–Crippen MR) is 107 cm³/mol. The van der Waals surface area contributed by atoms with E-state index >= 15 is 0 Å². The number of amides is 2. The van der Waals surface area contributed by atoms with E-state index in [2.05, 4.69) is 17.4 Å². The van der Waals surface area contributed by atoms with Gasteiger partial charge in [0.2, 0.25) is 11.8 Å². The van der Waals surface area contributed by atoms with Crippen LogP contribution in [0, 0.1) is 5.92 Å². The number of hydrogen-bond acceptors (Lipinski definition) is 3. The van der Waals surface area contributed by atoms with Crippen molar-refractivity contribution < 1.29 is 9.59 Å². The first-order valence-electron chi connectivity index (χ1n) is 10.4. The summed E-state index contributed by atoms with van der Waals surface area (Å²) in [5.41, 5.74) is 6.36. The Hall–Kier alpha value is -1.88. The summed E-state index contributed by atoms with van der Waals surface area (Å²) >= 11 is 0. The molecule has 0 unspecified atom stereocenters. The fraction of sp³-hybridized carbons (Fsp3) is 0.636. The van der Waals surface area contributed by atoms with Gasteiger partial charge in [0, 0.05) is 0 Å². The molecular formula is C22H33N3O2. The lowest BCUT2D eigenvalue weighted by atomic mass is 9.72. The van der Waals surface area contributed by atoms with E-state index in [-0.39, 0.29) is 30.4 Å². The van der Waals surface area contributed by atoms with Gasteiger partial charge < -0.3 is 11.1 Å². The van der Waals surface area contributed by atoms with Gasteiger partial charge >= 0.3 is 0 Å². The Kier molecular flexibility index (Phi) is 6.89. The van der Waals surface area contributed by atoms with E-state index in [1.807, 2.05) is 23.1 Å². The minimum Gasteiger partial charge on any atom is -0.369 e. The SMILES string of the molecule is NC(=O)CN(CCC1CCCCC1)CC(=O)NC1(c2ccccc2)CCC1. The topological polar surface area (TPSA) is 75.4 Å². The van der Waals surface area contributed by atoms with Gasteiger partial charge in [-0.3, -0.25) is 14.5 Å². The molecule has 0 aliphatic heterocycles. The lowest BCUT2D eigenvalue weighted by Crippen LogP contribution is -2.53. The summed E-state index contributed by atoms with van der Waals surface area (Å²) in [6, 6.07) is 10.2. The van der Waals surface area contributed by atoms with Crippen LogP contribution in [-0.4, -0.2) is 36.3 Å². The molecule has 0 heterocycles. The molecule has 0 saturated heterocycles. The molecule has 3 N–H and O–H groups in total. The molecule has 2 aliphatic carbocycles. The van der Waals surface area contributed by atoms with E-state index in [4.69, 9.17) is 5.73 Å². The number of primary amides is 1. The maximum absolute atomic E-state index is 12.8. The summed E-state index contributed by atoms with van der Waals surface area (Å²) in [6.07, 6.45) is 10.6. The van der Waals surface area contributed by atoms with Crippen molar-refractivity contribution in [2.45, 2.75) is 63.3 Å². The fourth-order valence-corrected chi connectivity index (χ4v) is 4.56. The summed E-state index contributed by atoms with van der Waals surface area (Å²) in [6.45, 7) is 1.15. The molecule has 148 valence electrons. The predicted octanol–water partition coefficient (Wildman–Crippen LogP) is 2.94. The third kappa shape index (κ3) is 5.55. The summed E-state index contributed by atoms with van der Waals surface area (Å²) in [7, 11) is 0. The largest absolute Gasteiger partial charge is 0.369 e. The maximum atomic E-state index is 12.8. The average Bonchev–Trinajstić information content (AvgIpc) is 2.64. The van der Waals surface area contributed by atoms with Crippen LogP contribution < -0.4 is 11.1 Å². The van der Waals surface area contributed by atoms with Gasteiger partial charge in [0.05, 0.1) is 18.6 Å². The number of nitrogens with zero attached hydrogens (tertiary/aromatic N) is 1. The van der Waals surface area contributed by atoms with Gasteiger partial charge in [-0.25, -0.2) is 0 Å². The van der Waals surface area contributed by atoms with Crippen LogP contribution in [0.1, 0.15) is 63.4 Å². The van der Waals surface area contributed by atoms with Crippen LogP contribution in [0.2, 0.25) is 0 Å². The molecule has 27 heavy (non-hydrogen) atoms. The number of benzene rings is 1. The molecule has 5 heteroatoms. The Labute approximate surface area is 162 Å². The van der Waals surface area contributed by atoms with Gasteiger partial charge in [-0.05, 0) is 43.7 Å². The first kappa shape index (κ1) is 19.9. The zero-order chi connectivity index (χ0) is 19.1. The Morgan fingerprint density at radius 2 is 1.74 bits per heavy atom. The molecule has 0 bridgehead atoms. The third-order valence-corrected chi connectivity index (χ3v) is 6.24. The second kappa shape index (κ2) is 9.36. The highest BCUT2D eigenvalue weighted by Crippen LogP contribution is 2.41. The standard InChI is InChI=1S/C22H33N3O2/c23-20(26)16-25(15-12-18-8-3-1-4-9-18)17-21(27)24-22(13-7-14-22)19-10-5-2-6-11-19/h2,5-6,10-11,18H,1,3-4,7-9,12-17H2,(H2,23,26)(H,24,27). The van der Waals surface area contributed by atoms with Crippen LogP contribution in [0.25, 0.3) is 0 Å². The van der Waals surface area contributed by atoms with Gasteiger partial charge in [-0.1, -0.05) is 62.4 Å². The lowest BCUT2D eigenvalue weighted by molar-refractivity contribution is -0.126. The molecule has 0 radical (unpaired) electrons. The first-order chi connectivity index (χ1) is 13.1. The summed E-state index contributed by atoms with van der Waals surface area (Å²) in [4.78, 5) is 26.1. The summed E-state index contributed by atoms with van der Waals surface area (Å²) < 4.78 is 0. The van der Waals surface area contributed by atoms with Gasteiger partial charge in [-0.15, -0.1) is 0 Å². The van der Waals surface area contributed by atoms with Crippen molar-refractivity contribution in [2.24, 2.45) is 11.7 Å². The lowest BCUT2D eigenvalue weighted by Gasteiger charge is -2.43. The molecular weight excluding hydrogens is 338 g/mol. The van der Waals surface area contributed by atoms with Crippen molar-refractivity contribution in [1.29, 1.82) is 0 Å². The van der Waals surface area contributed by atoms with Gasteiger partial charge in [0.25, 0.3) is 0 Å². The van der Waals surface area contributed by atoms with Gasteiger partial charge in [-0.2, -0.15) is 0 Å². The number of nitrogens with two attached hydrogens (primary N) is 1. The Bertz CT molecular complexity index is 622. The highest BCUT2D eigenvalue weighted by molar-refractivity contribution is 5.81. The summed E-state index contributed by atoms with van der Waals surface area (Å²) in [5, 5.41) is 3.26. The molecule has 0 aromatic heterocycles. The van der Waals surface area contributed by atoms with E-state index in [0.717, 1.165) is 38.1 Å². The zero-order valence-electron chi connectivity index (χ0n) is 16.3. The Balaban J connectivity index is 1.55. The van der Waals surface area contributed by atoms with Crippen molar-refractivity contribution in [1.82, 2.24) is 10.2 Å². The molecule has 0 atom stereocenters. The monoisotopic (exact) mass is 371 g/mol. The minimum atomic E-state index is -0.368. The molecule has 0 spiro atoms. The molecule has 1 aromatic carbocycles. The first-order valence-corrected chi connectivity index (χ1v) is 10.4. The van der Waals surface area contributed by atoms with Crippen LogP contribution in [0.4, 0.5) is 0 Å². The van der Waals surface area contributed by atoms with Crippen LogP contribution >= 0.6 is 0 Å². The second-order valence-corrected chi connectivity index (χ2v) is 8.32. The van der Waals surface area contributed by atoms with Crippen molar-refractivity contribution >= 4 is 11.8 Å². The average molecular weight is 372 g/mol. The van der Waals surface area contributed by atoms with E-state index in [1.165, 1.54) is 37.7 Å². The van der Waals surface area contributed by atoms with E-state index < -0.39 is 0 Å². The Morgan fingerprint density at radius 1 is 1.04 bits per heavy atom. The number of rotatable bonds is 9. The maximum Gasteiger partial charge on any atom is 0.234 e. The number of carbonyl (C=O) groups excluding carboxylic acids is 2. The van der Waals surface area contributed by atoms with Crippen LogP contribution in [0.15, 0.2) is 30.3 Å². The Morgan fingerprint density at radius 3 is 2.33 bits per heavy atom. The number of carbonyl (C=O) groups is 2. The summed E-state index contributed by atoms with van der Waals surface area (Å²) in [5.74, 6) is 0.343. The van der Waals surface area contributed by atoms with E-state index in [1.54, 1.807) is 0 Å². The van der Waals surface area contributed by atoms with Crippen molar-refractivity contribution in [2.75, 3.05) is 19.6 Å². The molecule has 2 amide bonds. The van der Waals surface area contributed by atoms with Crippen molar-refractivity contribution in [3.05, 3.63) is 35.9 Å². The molecule has 2 fully saturated rings. The van der Waals surface area contributed by atoms with E-state index in [0.29, 0.717) is 0 Å². The van der Waals surface area contributed by atoms with Crippen LogP contribution in [0.5, 0.6) is 0 Å². The molecule has 2 saturated carbocycles. The van der Waals surface area contributed by atoms with Crippen molar-refractivity contribution in [3.63, 3.8) is 0 Å². The highest BCUT2D eigenvalue weighted by Gasteiger charge is 2.40. The molecule has 1 aromatic rings. The smallest absolute Gasteiger partial charge is 0.234 e. The normalized spacial score (nSPS) is 19.4.